The molecule has 0 spiro atoms. The highest BCUT2D eigenvalue weighted by molar-refractivity contribution is 5.89. The van der Waals surface area contributed by atoms with Crippen molar-refractivity contribution in [2.75, 3.05) is 40.8 Å². The summed E-state index contributed by atoms with van der Waals surface area (Å²) in [6, 6.07) is 7.36. The van der Waals surface area contributed by atoms with Gasteiger partial charge in [-0.1, -0.05) is 30.3 Å². The molecule has 2 heterocycles. The Bertz CT molecular complexity index is 1930. The topological polar surface area (TPSA) is 83.9 Å². The maximum absolute atomic E-state index is 14.9. The zero-order valence-corrected chi connectivity index (χ0v) is 29.4. The molecule has 0 bridgehead atoms. The summed E-state index contributed by atoms with van der Waals surface area (Å²) in [5, 5.41) is 1.98. The second-order valence-corrected chi connectivity index (χ2v) is 14.0. The molecule has 5 rings (SSSR count). The van der Waals surface area contributed by atoms with E-state index in [-0.39, 0.29) is 23.7 Å². The van der Waals surface area contributed by atoms with Crippen molar-refractivity contribution >= 4 is 22.8 Å². The third-order valence-corrected chi connectivity index (χ3v) is 10.3. The van der Waals surface area contributed by atoms with E-state index < -0.39 is 103 Å². The highest BCUT2D eigenvalue weighted by Gasteiger charge is 2.61. The number of alkyl halides is 9. The number of carbonyl (C=O) groups is 2. The van der Waals surface area contributed by atoms with Crippen LogP contribution in [0.25, 0.3) is 10.9 Å². The summed E-state index contributed by atoms with van der Waals surface area (Å²) in [7, 11) is 5.96. The number of aromatic nitrogens is 1. The van der Waals surface area contributed by atoms with Gasteiger partial charge in [0.25, 0.3) is 5.56 Å². The van der Waals surface area contributed by atoms with E-state index in [1.54, 1.807) is 32.3 Å². The molecular weight excluding hydrogens is 723 g/mol. The second kappa shape index (κ2) is 14.6. The van der Waals surface area contributed by atoms with E-state index in [4.69, 9.17) is 4.74 Å². The van der Waals surface area contributed by atoms with Crippen LogP contribution in [-0.2, 0) is 46.9 Å². The largest absolute Gasteiger partial charge is 0.467 e. The van der Waals surface area contributed by atoms with Crippen LogP contribution in [0, 0.1) is 5.41 Å². The van der Waals surface area contributed by atoms with E-state index in [1.807, 2.05) is 4.90 Å². The summed E-state index contributed by atoms with van der Waals surface area (Å²) in [4.78, 5) is 42.8. The van der Waals surface area contributed by atoms with Crippen LogP contribution in [0.15, 0.2) is 41.2 Å². The first-order valence-electron chi connectivity index (χ1n) is 16.8. The molecule has 1 aromatic heterocycles. The van der Waals surface area contributed by atoms with E-state index in [0.29, 0.717) is 28.8 Å². The Labute approximate surface area is 298 Å². The monoisotopic (exact) mass is 762 g/mol. The van der Waals surface area contributed by atoms with Crippen molar-refractivity contribution in [1.82, 2.24) is 19.7 Å². The van der Waals surface area contributed by atoms with Crippen LogP contribution in [0.2, 0.25) is 0 Å². The number of nitrogens with zero attached hydrogens (tertiary/aromatic N) is 3. The molecule has 1 amide bonds. The van der Waals surface area contributed by atoms with Gasteiger partial charge in [0.05, 0.1) is 24.7 Å². The molecule has 0 unspecified atom stereocenters. The number of piperidine rings is 1. The minimum absolute atomic E-state index is 0.0791. The molecule has 0 radical (unpaired) electrons. The van der Waals surface area contributed by atoms with E-state index in [2.05, 4.69) is 5.32 Å². The first-order valence-corrected chi connectivity index (χ1v) is 16.8. The van der Waals surface area contributed by atoms with Crippen molar-refractivity contribution in [3.05, 3.63) is 80.1 Å². The number of benzene rings is 2. The number of pyridine rings is 1. The van der Waals surface area contributed by atoms with Crippen molar-refractivity contribution in [3.8, 4) is 0 Å². The smallest absolute Gasteiger partial charge is 0.417 e. The number of fused-ring (bicyclic) bond motifs is 2. The van der Waals surface area contributed by atoms with Crippen molar-refractivity contribution in [1.29, 1.82) is 0 Å². The number of amides is 1. The SMILES string of the molecule is COC(=O)[C@H](Cc1cccc2c1CC[C@@H]2c1c(C(F)(F)F)c2ccc(CN(C)C)cc2n(C)c1=O)NC(=O)C1(C(F)(F)F)CCN(CC(F)(F)F)CC1. The van der Waals surface area contributed by atoms with E-state index in [9.17, 15) is 53.9 Å². The molecule has 3 aromatic rings. The van der Waals surface area contributed by atoms with Crippen molar-refractivity contribution in [2.45, 2.75) is 69.1 Å². The van der Waals surface area contributed by atoms with Gasteiger partial charge in [0, 0.05) is 36.9 Å². The van der Waals surface area contributed by atoms with Crippen LogP contribution in [0.3, 0.4) is 0 Å². The van der Waals surface area contributed by atoms with Gasteiger partial charge in [-0.3, -0.25) is 14.5 Å². The van der Waals surface area contributed by atoms with Crippen LogP contribution in [-0.4, -0.2) is 85.5 Å². The fraction of sp³-hybridized carbons (Fsp3) is 0.528. The number of halogens is 9. The molecule has 0 saturated carbocycles. The van der Waals surface area contributed by atoms with Crippen molar-refractivity contribution in [3.63, 3.8) is 0 Å². The Hall–Kier alpha value is -4.12. The standard InChI is InChI=1S/C36H39F9N4O4/c1-47(2)18-20-8-9-25-27(16-20)48(3)30(50)28(29(25)35(40,41)42)24-11-10-22-21(6-5-7-23(22)24)17-26(31(51)53-4)46-32(52)33(36(43,44)45)12-14-49(15-13-33)19-34(37,38)39/h5-9,16,24,26H,10-15,17-19H2,1-4H3,(H,46,52)/t24-,26-/m0/s1. The quantitative estimate of drug-likeness (QED) is 0.210. The van der Waals surface area contributed by atoms with Crippen molar-refractivity contribution in [2.24, 2.45) is 12.5 Å². The van der Waals surface area contributed by atoms with Gasteiger partial charge in [-0.15, -0.1) is 0 Å². The Kier molecular flexibility index (Phi) is 11.0. The van der Waals surface area contributed by atoms with Crippen molar-refractivity contribution < 1.29 is 53.8 Å². The van der Waals surface area contributed by atoms with Crippen LogP contribution in [0.5, 0.6) is 0 Å². The molecule has 2 aliphatic rings. The Morgan fingerprint density at radius 3 is 2.25 bits per heavy atom. The normalized spacial score (nSPS) is 18.6. The summed E-state index contributed by atoms with van der Waals surface area (Å²) < 4.78 is 133. The molecule has 2 aromatic carbocycles. The number of aryl methyl sites for hydroxylation is 1. The van der Waals surface area contributed by atoms with Gasteiger partial charge in [-0.2, -0.15) is 39.5 Å². The molecule has 1 N–H and O–H groups in total. The van der Waals surface area contributed by atoms with Crippen LogP contribution in [0.1, 0.15) is 58.6 Å². The lowest BCUT2D eigenvalue weighted by Gasteiger charge is -2.42. The maximum atomic E-state index is 14.9. The molecule has 17 heteroatoms. The first kappa shape index (κ1) is 40.1. The number of nitrogens with one attached hydrogen (secondary N) is 1. The van der Waals surface area contributed by atoms with Gasteiger partial charge in [-0.05, 0) is 81.2 Å². The second-order valence-electron chi connectivity index (χ2n) is 14.0. The zero-order valence-electron chi connectivity index (χ0n) is 29.4. The number of methoxy groups -OCH3 is 1. The lowest BCUT2D eigenvalue weighted by atomic mass is 9.76. The molecule has 53 heavy (non-hydrogen) atoms. The lowest BCUT2D eigenvalue weighted by molar-refractivity contribution is -0.236. The summed E-state index contributed by atoms with van der Waals surface area (Å²) >= 11 is 0. The van der Waals surface area contributed by atoms with Crippen LogP contribution >= 0.6 is 0 Å². The molecule has 1 saturated heterocycles. The Morgan fingerprint density at radius 2 is 1.68 bits per heavy atom. The average molecular weight is 763 g/mol. The summed E-state index contributed by atoms with van der Waals surface area (Å²) in [5.74, 6) is -3.72. The molecule has 290 valence electrons. The summed E-state index contributed by atoms with van der Waals surface area (Å²) in [6.07, 6.45) is -16.9. The predicted octanol–water partition coefficient (Wildman–Crippen LogP) is 6.10. The summed E-state index contributed by atoms with van der Waals surface area (Å²) in [5.41, 5.74) is -3.45. The molecular formula is C36H39F9N4O4. The fourth-order valence-corrected chi connectivity index (χ4v) is 7.76. The predicted molar refractivity (Wildman–Crippen MR) is 176 cm³/mol. The van der Waals surface area contributed by atoms with Gasteiger partial charge in [0.2, 0.25) is 5.91 Å². The molecule has 1 aliphatic carbocycles. The van der Waals surface area contributed by atoms with Crippen LogP contribution in [0.4, 0.5) is 39.5 Å². The fourth-order valence-electron chi connectivity index (χ4n) is 7.76. The van der Waals surface area contributed by atoms with Gasteiger partial charge in [0.15, 0.2) is 0 Å². The van der Waals surface area contributed by atoms with Gasteiger partial charge in [-0.25, -0.2) is 4.79 Å². The van der Waals surface area contributed by atoms with E-state index in [1.165, 1.54) is 29.8 Å². The molecule has 1 aliphatic heterocycles. The number of carbonyl (C=O) groups excluding carboxylic acids is 2. The third kappa shape index (κ3) is 8.05. The molecule has 2 atom stereocenters. The maximum Gasteiger partial charge on any atom is 0.417 e. The minimum Gasteiger partial charge on any atom is -0.467 e. The van der Waals surface area contributed by atoms with E-state index >= 15 is 0 Å². The number of ether oxygens (including phenoxy) is 1. The number of hydrogen-bond donors (Lipinski definition) is 1. The minimum atomic E-state index is -5.17. The Morgan fingerprint density at radius 1 is 1.02 bits per heavy atom. The summed E-state index contributed by atoms with van der Waals surface area (Å²) in [6.45, 7) is -2.36. The molecule has 1 fully saturated rings. The van der Waals surface area contributed by atoms with Gasteiger partial charge < -0.3 is 19.5 Å². The van der Waals surface area contributed by atoms with E-state index in [0.717, 1.165) is 12.0 Å². The first-order chi connectivity index (χ1) is 24.6. The highest BCUT2D eigenvalue weighted by atomic mass is 19.4. The average Bonchev–Trinajstić information content (AvgIpc) is 3.48. The van der Waals surface area contributed by atoms with Gasteiger partial charge in [0.1, 0.15) is 11.5 Å². The highest BCUT2D eigenvalue weighted by Crippen LogP contribution is 2.48. The Balaban J connectivity index is 1.49. The van der Waals surface area contributed by atoms with Gasteiger partial charge >= 0.3 is 24.5 Å². The zero-order chi connectivity index (χ0) is 39.3. The number of esters is 1. The number of rotatable bonds is 9. The lowest BCUT2D eigenvalue weighted by Crippen LogP contribution is -2.59. The third-order valence-electron chi connectivity index (χ3n) is 10.3. The number of hydrogen-bond acceptors (Lipinski definition) is 6. The van der Waals surface area contributed by atoms with Crippen LogP contribution < -0.4 is 10.9 Å². The molecule has 8 nitrogen and oxygen atoms in total. The number of likely N-dealkylation sites (tertiary alicyclic amines) is 1.